The van der Waals surface area contributed by atoms with Crippen molar-refractivity contribution in [2.45, 2.75) is 0 Å². The van der Waals surface area contributed by atoms with Gasteiger partial charge in [-0.05, 0) is 24.3 Å². The molecule has 0 saturated carbocycles. The second-order valence-corrected chi connectivity index (χ2v) is 4.92. The Morgan fingerprint density at radius 1 is 1.23 bits per heavy atom. The van der Waals surface area contributed by atoms with Gasteiger partial charge in [-0.15, -0.1) is 0 Å². The number of rotatable bonds is 2. The van der Waals surface area contributed by atoms with E-state index in [9.17, 15) is 4.79 Å². The van der Waals surface area contributed by atoms with Crippen molar-refractivity contribution in [3.8, 4) is 17.2 Å². The fourth-order valence-corrected chi connectivity index (χ4v) is 2.51. The number of aromatic nitrogens is 2. The van der Waals surface area contributed by atoms with Gasteiger partial charge in [0.2, 0.25) is 0 Å². The third-order valence-electron chi connectivity index (χ3n) is 3.56. The number of fused-ring (bicyclic) bond motifs is 1. The van der Waals surface area contributed by atoms with Gasteiger partial charge in [-0.2, -0.15) is 5.10 Å². The summed E-state index contributed by atoms with van der Waals surface area (Å²) in [6.07, 6.45) is 1.58. The molecular formula is C16H13N3O3. The summed E-state index contributed by atoms with van der Waals surface area (Å²) in [5, 5.41) is 6.93. The number of carbonyl (C=O) groups excluding carboxylic acids is 1. The largest absolute Gasteiger partial charge is 0.490 e. The van der Waals surface area contributed by atoms with Crippen molar-refractivity contribution >= 4 is 11.6 Å². The minimum absolute atomic E-state index is 0.162. The molecule has 0 spiro atoms. The molecule has 1 amide bonds. The molecule has 0 bridgehead atoms. The third-order valence-corrected chi connectivity index (χ3v) is 3.56. The van der Waals surface area contributed by atoms with Crippen molar-refractivity contribution in [2.24, 2.45) is 0 Å². The number of aromatic amines is 1. The van der Waals surface area contributed by atoms with Gasteiger partial charge in [0.1, 0.15) is 18.1 Å². The zero-order chi connectivity index (χ0) is 14.9. The molecular weight excluding hydrogens is 282 g/mol. The molecule has 1 N–H and O–H groups in total. The fourth-order valence-electron chi connectivity index (χ4n) is 2.51. The van der Waals surface area contributed by atoms with Crippen molar-refractivity contribution in [1.82, 2.24) is 10.2 Å². The topological polar surface area (TPSA) is 71.4 Å². The molecule has 6 heteroatoms. The summed E-state index contributed by atoms with van der Waals surface area (Å²) < 4.78 is 10.9. The Labute approximate surface area is 126 Å². The smallest absolute Gasteiger partial charge is 0.279 e. The molecule has 2 aromatic heterocycles. The van der Waals surface area contributed by atoms with E-state index < -0.39 is 0 Å². The average Bonchev–Trinajstić information content (AvgIpc) is 3.24. The summed E-state index contributed by atoms with van der Waals surface area (Å²) in [4.78, 5) is 14.4. The SMILES string of the molecule is O=C(c1cc(-c2ccco2)[nH]n1)N1CCOc2ccccc21. The average molecular weight is 295 g/mol. The molecule has 0 aliphatic carbocycles. The predicted octanol–water partition coefficient (Wildman–Crippen LogP) is 2.71. The van der Waals surface area contributed by atoms with Gasteiger partial charge < -0.3 is 14.1 Å². The second-order valence-electron chi connectivity index (χ2n) is 4.92. The highest BCUT2D eigenvalue weighted by Gasteiger charge is 2.26. The highest BCUT2D eigenvalue weighted by Crippen LogP contribution is 2.32. The monoisotopic (exact) mass is 295 g/mol. The summed E-state index contributed by atoms with van der Waals surface area (Å²) in [5.74, 6) is 1.20. The second kappa shape index (κ2) is 5.07. The first-order valence-electron chi connectivity index (χ1n) is 6.96. The quantitative estimate of drug-likeness (QED) is 0.789. The number of anilines is 1. The van der Waals surface area contributed by atoms with Crippen LogP contribution in [-0.2, 0) is 0 Å². The summed E-state index contributed by atoms with van der Waals surface area (Å²) in [6, 6.07) is 12.8. The van der Waals surface area contributed by atoms with Crippen LogP contribution in [-0.4, -0.2) is 29.3 Å². The van der Waals surface area contributed by atoms with E-state index in [1.807, 2.05) is 30.3 Å². The van der Waals surface area contributed by atoms with Gasteiger partial charge in [-0.25, -0.2) is 0 Å². The highest BCUT2D eigenvalue weighted by atomic mass is 16.5. The third kappa shape index (κ3) is 2.05. The lowest BCUT2D eigenvalue weighted by atomic mass is 10.2. The highest BCUT2D eigenvalue weighted by molar-refractivity contribution is 6.06. The Hall–Kier alpha value is -3.02. The van der Waals surface area contributed by atoms with Crippen molar-refractivity contribution in [1.29, 1.82) is 0 Å². The first-order chi connectivity index (χ1) is 10.8. The van der Waals surface area contributed by atoms with Gasteiger partial charge >= 0.3 is 0 Å². The molecule has 3 heterocycles. The van der Waals surface area contributed by atoms with E-state index in [-0.39, 0.29) is 5.91 Å². The first kappa shape index (κ1) is 12.7. The van der Waals surface area contributed by atoms with E-state index in [0.717, 1.165) is 5.69 Å². The number of hydrogen-bond acceptors (Lipinski definition) is 4. The van der Waals surface area contributed by atoms with Gasteiger partial charge in [-0.3, -0.25) is 9.89 Å². The number of hydrogen-bond donors (Lipinski definition) is 1. The molecule has 0 saturated heterocycles. The first-order valence-corrected chi connectivity index (χ1v) is 6.96. The van der Waals surface area contributed by atoms with Gasteiger partial charge in [0.15, 0.2) is 11.5 Å². The maximum absolute atomic E-state index is 12.7. The summed E-state index contributed by atoms with van der Waals surface area (Å²) >= 11 is 0. The van der Waals surface area contributed by atoms with E-state index in [1.54, 1.807) is 23.3 Å². The Morgan fingerprint density at radius 2 is 2.14 bits per heavy atom. The number of nitrogens with zero attached hydrogens (tertiary/aromatic N) is 2. The van der Waals surface area contributed by atoms with Crippen LogP contribution >= 0.6 is 0 Å². The summed E-state index contributed by atoms with van der Waals surface area (Å²) in [6.45, 7) is 0.969. The van der Waals surface area contributed by atoms with Crippen LogP contribution in [0, 0.1) is 0 Å². The molecule has 0 atom stereocenters. The minimum atomic E-state index is -0.162. The van der Waals surface area contributed by atoms with Crippen LogP contribution < -0.4 is 9.64 Å². The van der Waals surface area contributed by atoms with Crippen LogP contribution in [0.4, 0.5) is 5.69 Å². The molecule has 0 fully saturated rings. The minimum Gasteiger partial charge on any atom is -0.490 e. The van der Waals surface area contributed by atoms with E-state index in [1.165, 1.54) is 0 Å². The molecule has 3 aromatic rings. The van der Waals surface area contributed by atoms with Crippen LogP contribution in [0.1, 0.15) is 10.5 Å². The normalized spacial score (nSPS) is 13.5. The van der Waals surface area contributed by atoms with Gasteiger partial charge in [-0.1, -0.05) is 12.1 Å². The maximum atomic E-state index is 12.7. The predicted molar refractivity (Wildman–Crippen MR) is 79.9 cm³/mol. The number of furan rings is 1. The number of para-hydroxylation sites is 2. The standard InChI is InChI=1S/C16H13N3O3/c20-16(12-10-11(17-18-12)14-6-3-8-21-14)19-7-9-22-15-5-2-1-4-13(15)19/h1-6,8,10H,7,9H2,(H,17,18). The molecule has 110 valence electrons. The molecule has 1 aliphatic rings. The lowest BCUT2D eigenvalue weighted by Gasteiger charge is -2.28. The molecule has 0 radical (unpaired) electrons. The van der Waals surface area contributed by atoms with Crippen LogP contribution in [0.15, 0.2) is 53.1 Å². The van der Waals surface area contributed by atoms with E-state index in [2.05, 4.69) is 10.2 Å². The van der Waals surface area contributed by atoms with Crippen LogP contribution in [0.2, 0.25) is 0 Å². The van der Waals surface area contributed by atoms with Crippen molar-refractivity contribution in [3.63, 3.8) is 0 Å². The number of amides is 1. The molecule has 0 unspecified atom stereocenters. The Balaban J connectivity index is 1.66. The van der Waals surface area contributed by atoms with Crippen LogP contribution in [0.3, 0.4) is 0 Å². The summed E-state index contributed by atoms with van der Waals surface area (Å²) in [7, 11) is 0. The van der Waals surface area contributed by atoms with Gasteiger partial charge in [0.05, 0.1) is 18.5 Å². The Bertz CT molecular complexity index is 808. The Morgan fingerprint density at radius 3 is 3.00 bits per heavy atom. The number of H-pyrrole nitrogens is 1. The van der Waals surface area contributed by atoms with E-state index in [0.29, 0.717) is 36.0 Å². The fraction of sp³-hybridized carbons (Fsp3) is 0.125. The Kier molecular flexibility index (Phi) is 2.93. The zero-order valence-corrected chi connectivity index (χ0v) is 11.7. The molecule has 4 rings (SSSR count). The number of benzene rings is 1. The summed E-state index contributed by atoms with van der Waals surface area (Å²) in [5.41, 5.74) is 1.79. The van der Waals surface area contributed by atoms with Crippen molar-refractivity contribution < 1.29 is 13.9 Å². The number of carbonyl (C=O) groups is 1. The molecule has 22 heavy (non-hydrogen) atoms. The lowest BCUT2D eigenvalue weighted by Crippen LogP contribution is -2.38. The van der Waals surface area contributed by atoms with Crippen LogP contribution in [0.25, 0.3) is 11.5 Å². The van der Waals surface area contributed by atoms with E-state index in [4.69, 9.17) is 9.15 Å². The number of ether oxygens (including phenoxy) is 1. The molecule has 1 aliphatic heterocycles. The van der Waals surface area contributed by atoms with Crippen LogP contribution in [0.5, 0.6) is 5.75 Å². The molecule has 1 aromatic carbocycles. The van der Waals surface area contributed by atoms with Gasteiger partial charge in [0.25, 0.3) is 5.91 Å². The van der Waals surface area contributed by atoms with Crippen molar-refractivity contribution in [3.05, 3.63) is 54.4 Å². The zero-order valence-electron chi connectivity index (χ0n) is 11.7. The van der Waals surface area contributed by atoms with E-state index >= 15 is 0 Å². The number of nitrogens with one attached hydrogen (secondary N) is 1. The van der Waals surface area contributed by atoms with Gasteiger partial charge in [0, 0.05) is 6.07 Å². The van der Waals surface area contributed by atoms with Crippen molar-refractivity contribution in [2.75, 3.05) is 18.1 Å². The maximum Gasteiger partial charge on any atom is 0.279 e. The molecule has 6 nitrogen and oxygen atoms in total. The lowest BCUT2D eigenvalue weighted by molar-refractivity contribution is 0.0972.